The molecule has 134 valence electrons. The molecule has 0 aliphatic carbocycles. The first-order valence-electron chi connectivity index (χ1n) is 8.91. The highest BCUT2D eigenvalue weighted by atomic mass is 16.5. The van der Waals surface area contributed by atoms with Crippen molar-refractivity contribution in [3.63, 3.8) is 0 Å². The Kier molecular flexibility index (Phi) is 6.24. The number of nitrogens with one attached hydrogen (secondary N) is 1. The van der Waals surface area contributed by atoms with E-state index in [-0.39, 0.29) is 18.6 Å². The van der Waals surface area contributed by atoms with Crippen molar-refractivity contribution in [2.45, 2.75) is 25.4 Å². The summed E-state index contributed by atoms with van der Waals surface area (Å²) in [6, 6.07) is 19.5. The number of carbonyl (C=O) groups is 1. The van der Waals surface area contributed by atoms with E-state index in [0.29, 0.717) is 11.3 Å². The highest BCUT2D eigenvalue weighted by Gasteiger charge is 2.20. The van der Waals surface area contributed by atoms with Crippen molar-refractivity contribution in [2.24, 2.45) is 0 Å². The molecule has 0 unspecified atom stereocenters. The van der Waals surface area contributed by atoms with E-state index >= 15 is 0 Å². The first kappa shape index (κ1) is 18.0. The minimum absolute atomic E-state index is 0.00384. The second-order valence-electron chi connectivity index (χ2n) is 6.53. The van der Waals surface area contributed by atoms with Crippen LogP contribution in [0.5, 0.6) is 5.75 Å². The quantitative estimate of drug-likeness (QED) is 0.871. The number of likely N-dealkylation sites (tertiary alicyclic amines) is 1. The number of benzene rings is 2. The standard InChI is InChI=1S/C21H23N3O2/c22-14-17-6-8-20(9-7-17)26-16-21(25)23-19-10-12-24(13-11-19)15-18-4-2-1-3-5-18/h1-9,19H,10-13,15-16H2,(H,23,25). The summed E-state index contributed by atoms with van der Waals surface area (Å²) in [5.74, 6) is 0.493. The Morgan fingerprint density at radius 2 is 1.81 bits per heavy atom. The zero-order valence-corrected chi connectivity index (χ0v) is 14.7. The summed E-state index contributed by atoms with van der Waals surface area (Å²) in [6.07, 6.45) is 1.91. The van der Waals surface area contributed by atoms with Crippen LogP contribution in [0.15, 0.2) is 54.6 Å². The van der Waals surface area contributed by atoms with E-state index in [1.807, 2.05) is 6.07 Å². The zero-order valence-electron chi connectivity index (χ0n) is 14.7. The van der Waals surface area contributed by atoms with Gasteiger partial charge >= 0.3 is 0 Å². The number of hydrogen-bond donors (Lipinski definition) is 1. The largest absolute Gasteiger partial charge is 0.484 e. The molecule has 5 heteroatoms. The van der Waals surface area contributed by atoms with Crippen molar-refractivity contribution in [1.82, 2.24) is 10.2 Å². The lowest BCUT2D eigenvalue weighted by Crippen LogP contribution is -2.45. The molecule has 0 atom stereocenters. The normalized spacial score (nSPS) is 15.2. The third kappa shape index (κ3) is 5.33. The molecule has 1 fully saturated rings. The summed E-state index contributed by atoms with van der Waals surface area (Å²) in [4.78, 5) is 14.5. The fraction of sp³-hybridized carbons (Fsp3) is 0.333. The molecule has 26 heavy (non-hydrogen) atoms. The molecule has 0 saturated carbocycles. The molecule has 1 amide bonds. The highest BCUT2D eigenvalue weighted by Crippen LogP contribution is 2.14. The average Bonchev–Trinajstić information content (AvgIpc) is 2.69. The Morgan fingerprint density at radius 1 is 1.12 bits per heavy atom. The van der Waals surface area contributed by atoms with Crippen molar-refractivity contribution in [3.05, 3.63) is 65.7 Å². The number of rotatable bonds is 6. The van der Waals surface area contributed by atoms with E-state index in [4.69, 9.17) is 10.00 Å². The Hall–Kier alpha value is -2.84. The minimum Gasteiger partial charge on any atom is -0.484 e. The fourth-order valence-corrected chi connectivity index (χ4v) is 3.12. The van der Waals surface area contributed by atoms with Crippen molar-refractivity contribution in [1.29, 1.82) is 5.26 Å². The van der Waals surface area contributed by atoms with Gasteiger partial charge in [0.25, 0.3) is 5.91 Å². The van der Waals surface area contributed by atoms with Gasteiger partial charge in [-0.25, -0.2) is 0 Å². The SMILES string of the molecule is N#Cc1ccc(OCC(=O)NC2CCN(Cc3ccccc3)CC2)cc1. The number of carbonyl (C=O) groups excluding carboxylic acids is 1. The van der Waals surface area contributed by atoms with E-state index in [1.165, 1.54) is 5.56 Å². The predicted octanol–water partition coefficient (Wildman–Crippen LogP) is 2.72. The number of ether oxygens (including phenoxy) is 1. The summed E-state index contributed by atoms with van der Waals surface area (Å²) in [5.41, 5.74) is 1.90. The maximum absolute atomic E-state index is 12.1. The van der Waals surface area contributed by atoms with Crippen LogP contribution in [0.25, 0.3) is 0 Å². The number of nitriles is 1. The van der Waals surface area contributed by atoms with Gasteiger partial charge in [-0.05, 0) is 42.7 Å². The fourth-order valence-electron chi connectivity index (χ4n) is 3.12. The molecule has 1 aliphatic rings. The van der Waals surface area contributed by atoms with Crippen LogP contribution >= 0.6 is 0 Å². The minimum atomic E-state index is -0.101. The average molecular weight is 349 g/mol. The Balaban J connectivity index is 1.37. The molecular weight excluding hydrogens is 326 g/mol. The van der Waals surface area contributed by atoms with Gasteiger partial charge in [0.1, 0.15) is 5.75 Å². The molecule has 0 aromatic heterocycles. The molecular formula is C21H23N3O2. The van der Waals surface area contributed by atoms with Crippen LogP contribution in [0.2, 0.25) is 0 Å². The van der Waals surface area contributed by atoms with Gasteiger partial charge in [-0.15, -0.1) is 0 Å². The molecule has 1 saturated heterocycles. The molecule has 0 spiro atoms. The van der Waals surface area contributed by atoms with Crippen LogP contribution < -0.4 is 10.1 Å². The van der Waals surface area contributed by atoms with Gasteiger partial charge in [0, 0.05) is 25.7 Å². The van der Waals surface area contributed by atoms with Gasteiger partial charge < -0.3 is 10.1 Å². The number of nitrogens with zero attached hydrogens (tertiary/aromatic N) is 2. The molecule has 1 heterocycles. The summed E-state index contributed by atoms with van der Waals surface area (Å²) in [5, 5.41) is 11.8. The molecule has 0 bridgehead atoms. The summed E-state index contributed by atoms with van der Waals surface area (Å²) in [6.45, 7) is 2.92. The van der Waals surface area contributed by atoms with Crippen molar-refractivity contribution in [2.75, 3.05) is 19.7 Å². The Bertz CT molecular complexity index is 745. The third-order valence-electron chi connectivity index (χ3n) is 4.56. The predicted molar refractivity (Wildman–Crippen MR) is 99.5 cm³/mol. The number of piperidine rings is 1. The second-order valence-corrected chi connectivity index (χ2v) is 6.53. The Morgan fingerprint density at radius 3 is 2.46 bits per heavy atom. The maximum Gasteiger partial charge on any atom is 0.258 e. The summed E-state index contributed by atoms with van der Waals surface area (Å²) < 4.78 is 5.48. The van der Waals surface area contributed by atoms with Gasteiger partial charge in [-0.2, -0.15) is 5.26 Å². The zero-order chi connectivity index (χ0) is 18.2. The lowest BCUT2D eigenvalue weighted by molar-refractivity contribution is -0.124. The van der Waals surface area contributed by atoms with Crippen molar-refractivity contribution < 1.29 is 9.53 Å². The second kappa shape index (κ2) is 9.02. The van der Waals surface area contributed by atoms with Crippen LogP contribution in [-0.2, 0) is 11.3 Å². The van der Waals surface area contributed by atoms with E-state index < -0.39 is 0 Å². The lowest BCUT2D eigenvalue weighted by Gasteiger charge is -2.32. The van der Waals surface area contributed by atoms with E-state index in [1.54, 1.807) is 24.3 Å². The molecule has 3 rings (SSSR count). The first-order chi connectivity index (χ1) is 12.7. The lowest BCUT2D eigenvalue weighted by atomic mass is 10.0. The molecule has 5 nitrogen and oxygen atoms in total. The van der Waals surface area contributed by atoms with Crippen molar-refractivity contribution in [3.8, 4) is 11.8 Å². The van der Waals surface area contributed by atoms with Crippen LogP contribution in [0, 0.1) is 11.3 Å². The monoisotopic (exact) mass is 349 g/mol. The topological polar surface area (TPSA) is 65.4 Å². The van der Waals surface area contributed by atoms with Gasteiger partial charge in [0.05, 0.1) is 11.6 Å². The van der Waals surface area contributed by atoms with E-state index in [9.17, 15) is 4.79 Å². The Labute approximate surface area is 154 Å². The molecule has 2 aromatic carbocycles. The number of amides is 1. The first-order valence-corrected chi connectivity index (χ1v) is 8.91. The van der Waals surface area contributed by atoms with Gasteiger partial charge in [-0.3, -0.25) is 9.69 Å². The van der Waals surface area contributed by atoms with Crippen LogP contribution in [0.1, 0.15) is 24.0 Å². The maximum atomic E-state index is 12.1. The summed E-state index contributed by atoms with van der Waals surface area (Å²) in [7, 11) is 0. The van der Waals surface area contributed by atoms with Crippen molar-refractivity contribution >= 4 is 5.91 Å². The number of hydrogen-bond acceptors (Lipinski definition) is 4. The van der Waals surface area contributed by atoms with E-state index in [0.717, 1.165) is 32.5 Å². The van der Waals surface area contributed by atoms with E-state index in [2.05, 4.69) is 40.6 Å². The molecule has 1 aliphatic heterocycles. The van der Waals surface area contributed by atoms with Crippen LogP contribution in [0.4, 0.5) is 0 Å². The van der Waals surface area contributed by atoms with Gasteiger partial charge in [0.15, 0.2) is 6.61 Å². The molecule has 1 N–H and O–H groups in total. The summed E-state index contributed by atoms with van der Waals surface area (Å²) >= 11 is 0. The van der Waals surface area contributed by atoms with Gasteiger partial charge in [0.2, 0.25) is 0 Å². The highest BCUT2D eigenvalue weighted by molar-refractivity contribution is 5.77. The van der Waals surface area contributed by atoms with Crippen LogP contribution in [-0.4, -0.2) is 36.5 Å². The molecule has 2 aromatic rings. The van der Waals surface area contributed by atoms with Gasteiger partial charge in [-0.1, -0.05) is 30.3 Å². The molecule has 0 radical (unpaired) electrons. The third-order valence-corrected chi connectivity index (χ3v) is 4.56. The smallest absolute Gasteiger partial charge is 0.258 e. The van der Waals surface area contributed by atoms with Crippen LogP contribution in [0.3, 0.4) is 0 Å².